The molecule has 0 aliphatic heterocycles. The Hall–Kier alpha value is -6.08. The number of isothiocyanates is 1. The van der Waals surface area contributed by atoms with E-state index >= 15 is 0 Å². The molecule has 7 aromatic heterocycles. The van der Waals surface area contributed by atoms with Crippen molar-refractivity contribution < 1.29 is 51.7 Å². The summed E-state index contributed by atoms with van der Waals surface area (Å²) in [5.74, 6) is 7.16. The predicted molar refractivity (Wildman–Crippen MR) is 274 cm³/mol. The van der Waals surface area contributed by atoms with Crippen LogP contribution in [0.25, 0.3) is 50.0 Å². The maximum atomic E-state index is 12.8. The monoisotopic (exact) mass is 1110 g/mol. The van der Waals surface area contributed by atoms with Crippen LogP contribution in [0.2, 0.25) is 0 Å². The SMILES string of the molecule is CCCCCCCCCCc1ccsc1-c1ccnc(-c2cc(C(F)(F)F)n[n-]2)c1.CCCCCCc1ccsc1C#Cc1ccnc(-c2cc(OC=O)cc(-c3cc(OC=O)ccn3)n2)c1.[N-]=C=S.[Ru+2]. The van der Waals surface area contributed by atoms with Crippen LogP contribution in [0.15, 0.2) is 96.1 Å². The van der Waals surface area contributed by atoms with Gasteiger partial charge in [0.1, 0.15) is 17.2 Å². The van der Waals surface area contributed by atoms with Crippen LogP contribution < -0.4 is 14.6 Å². The number of carbonyl (C=O) groups excluding carboxylic acids is 2. The second-order valence-corrected chi connectivity index (χ2v) is 17.8. The van der Waals surface area contributed by atoms with Gasteiger partial charge in [-0.25, -0.2) is 4.98 Å². The quantitative estimate of drug-likeness (QED) is 0.0159. The van der Waals surface area contributed by atoms with E-state index in [9.17, 15) is 22.8 Å². The molecule has 7 heterocycles. The van der Waals surface area contributed by atoms with E-state index in [-0.39, 0.29) is 30.9 Å². The Morgan fingerprint density at radius 2 is 1.21 bits per heavy atom. The number of carbonyl (C=O) groups is 2. The van der Waals surface area contributed by atoms with Crippen molar-refractivity contribution in [3.05, 3.63) is 129 Å². The van der Waals surface area contributed by atoms with Crippen molar-refractivity contribution in [3.8, 4) is 67.9 Å². The van der Waals surface area contributed by atoms with Gasteiger partial charge in [0, 0.05) is 47.2 Å². The molecule has 0 aliphatic rings. The average Bonchev–Trinajstić information content (AvgIpc) is 4.17. The molecule has 0 saturated carbocycles. The molecule has 0 radical (unpaired) electrons. The van der Waals surface area contributed by atoms with Gasteiger partial charge in [-0.2, -0.15) is 18.3 Å². The van der Waals surface area contributed by atoms with E-state index in [1.54, 1.807) is 65.4 Å². The molecule has 0 N–H and O–H groups in total. The number of halogens is 3. The summed E-state index contributed by atoms with van der Waals surface area (Å²) in [5.41, 5.74) is 5.80. The van der Waals surface area contributed by atoms with E-state index in [1.807, 2.05) is 18.2 Å². The van der Waals surface area contributed by atoms with Crippen LogP contribution in [0.3, 0.4) is 0 Å². The van der Waals surface area contributed by atoms with Crippen molar-refractivity contribution in [3.63, 3.8) is 0 Å². The average molecular weight is 1110 g/mol. The van der Waals surface area contributed by atoms with Crippen LogP contribution in [0, 0.1) is 11.8 Å². The number of ether oxygens (including phenoxy) is 2. The first-order chi connectivity index (χ1) is 34.1. The molecule has 0 unspecified atom stereocenters. The molecular formula is C53H52F3N7O4RuS3. The van der Waals surface area contributed by atoms with Crippen LogP contribution >= 0.6 is 34.9 Å². The Kier molecular flexibility index (Phi) is 25.3. The standard InChI is InChI=1S/C29H25N3O4S.C23H27F3N3S.CNS.Ru/c1-2-3-4-5-6-22-11-14-37-29(22)8-7-21-9-12-30-25(15-21)27-17-24(36-20-34)18-28(32-27)26-16-23(35-19-33)10-13-31-26;1-2-3-4-5-6-7-8-9-10-17-12-14-30-22(17)18-11-13-27-19(15-18)20-16-21(29-28-20)23(24,25)26;2-1-3;/h9-20H,2-6H2,1H3;11-16H,2-10H2,1H3;;/q;2*-1;+2. The fourth-order valence-corrected chi connectivity index (χ4v) is 8.99. The zero-order chi connectivity index (χ0) is 50.0. The van der Waals surface area contributed by atoms with Gasteiger partial charge in [-0.05, 0) is 102 Å². The van der Waals surface area contributed by atoms with E-state index in [0.29, 0.717) is 47.2 Å². The number of pyridine rings is 4. The molecule has 0 fully saturated rings. The molecule has 7 rings (SSSR count). The van der Waals surface area contributed by atoms with Gasteiger partial charge in [-0.3, -0.25) is 24.5 Å². The first-order valence-corrected chi connectivity index (χ1v) is 25.1. The van der Waals surface area contributed by atoms with Crippen molar-refractivity contribution in [2.45, 2.75) is 110 Å². The Balaban J connectivity index is 0.000000294. The third-order valence-corrected chi connectivity index (χ3v) is 12.6. The van der Waals surface area contributed by atoms with E-state index in [0.717, 1.165) is 46.2 Å². The van der Waals surface area contributed by atoms with Gasteiger partial charge >= 0.3 is 25.7 Å². The van der Waals surface area contributed by atoms with Crippen LogP contribution in [0.5, 0.6) is 11.5 Å². The Bertz CT molecular complexity index is 2830. The van der Waals surface area contributed by atoms with Crippen molar-refractivity contribution in [2.24, 2.45) is 0 Å². The number of rotatable bonds is 22. The first kappa shape index (κ1) is 57.5. The number of thiocarbonyl (C=S) groups is 1. The van der Waals surface area contributed by atoms with Gasteiger partial charge < -0.3 is 25.1 Å². The molecule has 71 heavy (non-hydrogen) atoms. The summed E-state index contributed by atoms with van der Waals surface area (Å²) in [7, 11) is 0. The number of thiophene rings is 2. The van der Waals surface area contributed by atoms with Crippen LogP contribution in [-0.2, 0) is 48.1 Å². The van der Waals surface area contributed by atoms with E-state index < -0.39 is 11.9 Å². The number of unbranched alkanes of at least 4 members (excludes halogenated alkanes) is 10. The largest absolute Gasteiger partial charge is 2.00 e. The summed E-state index contributed by atoms with van der Waals surface area (Å²) in [5, 5.41) is 19.5. The molecule has 0 spiro atoms. The summed E-state index contributed by atoms with van der Waals surface area (Å²) in [4.78, 5) is 41.6. The first-order valence-electron chi connectivity index (χ1n) is 23.0. The zero-order valence-electron chi connectivity index (χ0n) is 39.3. The number of nitrogens with zero attached hydrogens (tertiary/aromatic N) is 7. The number of aromatic nitrogens is 6. The van der Waals surface area contributed by atoms with Crippen molar-refractivity contribution in [1.82, 2.24) is 30.1 Å². The van der Waals surface area contributed by atoms with Gasteiger partial charge in [-0.15, -0.1) is 22.7 Å². The fraction of sp³-hybridized carbons (Fsp3) is 0.321. The molecule has 7 aromatic rings. The number of hydrogen-bond donors (Lipinski definition) is 0. The molecule has 370 valence electrons. The molecule has 18 heteroatoms. The molecule has 11 nitrogen and oxygen atoms in total. The maximum Gasteiger partial charge on any atom is 2.00 e. The number of hydrogen-bond acceptors (Lipinski definition) is 12. The van der Waals surface area contributed by atoms with Crippen molar-refractivity contribution in [1.29, 1.82) is 0 Å². The van der Waals surface area contributed by atoms with Gasteiger partial charge in [0.25, 0.3) is 12.9 Å². The van der Waals surface area contributed by atoms with Gasteiger partial charge in [0.2, 0.25) is 0 Å². The predicted octanol–water partition coefficient (Wildman–Crippen LogP) is 14.0. The molecule has 0 bridgehead atoms. The summed E-state index contributed by atoms with van der Waals surface area (Å²) >= 11 is 7.00. The molecule has 0 saturated heterocycles. The van der Waals surface area contributed by atoms with E-state index in [1.165, 1.54) is 93.1 Å². The third kappa shape index (κ3) is 18.9. The minimum atomic E-state index is -4.50. The molecule has 0 aliphatic carbocycles. The summed E-state index contributed by atoms with van der Waals surface area (Å²) in [6, 6.07) is 19.0. The normalized spacial score (nSPS) is 10.5. The van der Waals surface area contributed by atoms with Crippen LogP contribution in [0.4, 0.5) is 13.2 Å². The topological polar surface area (TPSA) is 153 Å². The summed E-state index contributed by atoms with van der Waals surface area (Å²) < 4.78 is 48.4. The van der Waals surface area contributed by atoms with E-state index in [2.05, 4.69) is 90.9 Å². The second-order valence-electron chi connectivity index (χ2n) is 15.8. The Labute approximate surface area is 438 Å². The van der Waals surface area contributed by atoms with E-state index in [4.69, 9.17) is 14.9 Å². The number of aryl methyl sites for hydroxylation is 2. The maximum absolute atomic E-state index is 12.8. The van der Waals surface area contributed by atoms with Gasteiger partial charge in [-0.1, -0.05) is 108 Å². The minimum Gasteiger partial charge on any atom is -0.753 e. The van der Waals surface area contributed by atoms with Gasteiger partial charge in [0.05, 0.1) is 33.3 Å². The van der Waals surface area contributed by atoms with Crippen molar-refractivity contribution in [2.75, 3.05) is 0 Å². The van der Waals surface area contributed by atoms with Crippen molar-refractivity contribution >= 4 is 53.0 Å². The fourth-order valence-electron chi connectivity index (χ4n) is 7.24. The minimum absolute atomic E-state index is 0. The van der Waals surface area contributed by atoms with Gasteiger partial charge in [0.15, 0.2) is 0 Å². The summed E-state index contributed by atoms with van der Waals surface area (Å²) in [6.07, 6.45) is 17.5. The Morgan fingerprint density at radius 1 is 0.662 bits per heavy atom. The summed E-state index contributed by atoms with van der Waals surface area (Å²) in [6.45, 7) is 5.13. The van der Waals surface area contributed by atoms with Crippen LogP contribution in [-0.4, -0.2) is 43.1 Å². The van der Waals surface area contributed by atoms with Crippen LogP contribution in [0.1, 0.15) is 118 Å². The second kappa shape index (κ2) is 31.3. The third-order valence-electron chi connectivity index (χ3n) is 10.7. The molecule has 0 atom stereocenters. The Morgan fingerprint density at radius 3 is 1.87 bits per heavy atom. The molecule has 0 aromatic carbocycles. The molecular weight excluding hydrogens is 1050 g/mol. The number of alkyl halides is 3. The molecule has 0 amide bonds. The zero-order valence-corrected chi connectivity index (χ0v) is 43.5. The smallest absolute Gasteiger partial charge is 0.753 e.